The van der Waals surface area contributed by atoms with Crippen LogP contribution in [0.2, 0.25) is 0 Å². The lowest BCUT2D eigenvalue weighted by atomic mass is 10.2. The number of methoxy groups -OCH3 is 1. The molecule has 0 fully saturated rings. The molecule has 1 amide bonds. The predicted molar refractivity (Wildman–Crippen MR) is 59.9 cm³/mol. The lowest BCUT2D eigenvalue weighted by molar-refractivity contribution is -0.123. The summed E-state index contributed by atoms with van der Waals surface area (Å²) in [6, 6.07) is 6.49. The number of nitrogens with one attached hydrogen (secondary N) is 1. The van der Waals surface area contributed by atoms with Gasteiger partial charge < -0.3 is 20.9 Å². The van der Waals surface area contributed by atoms with Crippen molar-refractivity contribution in [3.63, 3.8) is 0 Å². The number of rotatable bonds is 5. The number of aliphatic hydroxyl groups excluding tert-OH is 1. The molecule has 0 aliphatic heterocycles. The summed E-state index contributed by atoms with van der Waals surface area (Å²) in [5.74, 6) is 0.364. The molecule has 1 atom stereocenters. The third-order valence-electron chi connectivity index (χ3n) is 2.13. The van der Waals surface area contributed by atoms with Gasteiger partial charge in [-0.3, -0.25) is 4.79 Å². The summed E-state index contributed by atoms with van der Waals surface area (Å²) >= 11 is 0. The van der Waals surface area contributed by atoms with Crippen LogP contribution in [0.3, 0.4) is 0 Å². The molecule has 1 rings (SSSR count). The van der Waals surface area contributed by atoms with Gasteiger partial charge in [-0.25, -0.2) is 0 Å². The maximum absolute atomic E-state index is 11.3. The van der Waals surface area contributed by atoms with Gasteiger partial charge in [0.05, 0.1) is 13.7 Å². The van der Waals surface area contributed by atoms with Crippen molar-refractivity contribution in [1.29, 1.82) is 0 Å². The minimum Gasteiger partial charge on any atom is -0.497 e. The van der Waals surface area contributed by atoms with Gasteiger partial charge in [-0.1, -0.05) is 12.1 Å². The van der Waals surface area contributed by atoms with Crippen molar-refractivity contribution in [3.05, 3.63) is 29.8 Å². The molecule has 0 bridgehead atoms. The fraction of sp³-hybridized carbons (Fsp3) is 0.364. The Morgan fingerprint density at radius 2 is 2.38 bits per heavy atom. The molecule has 0 saturated heterocycles. The van der Waals surface area contributed by atoms with E-state index in [1.807, 2.05) is 24.3 Å². The molecule has 88 valence electrons. The maximum Gasteiger partial charge on any atom is 0.239 e. The van der Waals surface area contributed by atoms with Crippen molar-refractivity contribution in [3.8, 4) is 5.75 Å². The zero-order valence-corrected chi connectivity index (χ0v) is 9.14. The molecule has 5 heteroatoms. The largest absolute Gasteiger partial charge is 0.497 e. The summed E-state index contributed by atoms with van der Waals surface area (Å²) < 4.78 is 5.05. The number of hydrogen-bond donors (Lipinski definition) is 3. The first-order chi connectivity index (χ1) is 7.67. The Balaban J connectivity index is 2.51. The van der Waals surface area contributed by atoms with E-state index < -0.39 is 6.04 Å². The Bertz CT molecular complexity index is 355. The third-order valence-corrected chi connectivity index (χ3v) is 2.13. The first kappa shape index (κ1) is 12.5. The Hall–Kier alpha value is -1.59. The van der Waals surface area contributed by atoms with Crippen molar-refractivity contribution >= 4 is 5.91 Å². The van der Waals surface area contributed by atoms with E-state index in [-0.39, 0.29) is 12.5 Å². The first-order valence-electron chi connectivity index (χ1n) is 4.94. The summed E-state index contributed by atoms with van der Waals surface area (Å²) in [5.41, 5.74) is 6.26. The van der Waals surface area contributed by atoms with Gasteiger partial charge in [-0.2, -0.15) is 0 Å². The summed E-state index contributed by atoms with van der Waals surface area (Å²) in [4.78, 5) is 11.3. The van der Waals surface area contributed by atoms with Crippen molar-refractivity contribution in [2.75, 3.05) is 13.7 Å². The summed E-state index contributed by atoms with van der Waals surface area (Å²) in [5, 5.41) is 11.3. The van der Waals surface area contributed by atoms with Gasteiger partial charge in [-0.05, 0) is 17.7 Å². The molecule has 4 N–H and O–H groups in total. The van der Waals surface area contributed by atoms with Crippen LogP contribution < -0.4 is 15.8 Å². The van der Waals surface area contributed by atoms with E-state index in [0.29, 0.717) is 6.54 Å². The van der Waals surface area contributed by atoms with Crippen LogP contribution in [0.1, 0.15) is 5.56 Å². The Kier molecular flexibility index (Phi) is 4.75. The average Bonchev–Trinajstić information content (AvgIpc) is 2.35. The van der Waals surface area contributed by atoms with E-state index in [2.05, 4.69) is 5.32 Å². The van der Waals surface area contributed by atoms with Gasteiger partial charge in [-0.15, -0.1) is 0 Å². The van der Waals surface area contributed by atoms with E-state index in [1.165, 1.54) is 0 Å². The summed E-state index contributed by atoms with van der Waals surface area (Å²) in [6.45, 7) is 0.00762. The minimum atomic E-state index is -0.870. The molecule has 0 spiro atoms. The molecule has 0 unspecified atom stereocenters. The third kappa shape index (κ3) is 3.52. The second-order valence-electron chi connectivity index (χ2n) is 3.36. The lowest BCUT2D eigenvalue weighted by Gasteiger charge is -2.10. The van der Waals surface area contributed by atoms with Crippen LogP contribution in [0.4, 0.5) is 0 Å². The predicted octanol–water partition coefficient (Wildman–Crippen LogP) is -0.369. The molecule has 0 saturated carbocycles. The SMILES string of the molecule is COc1cccc(CNC(=O)[C@H](N)CO)c1. The zero-order valence-electron chi connectivity index (χ0n) is 9.14. The first-order valence-corrected chi connectivity index (χ1v) is 4.94. The van der Waals surface area contributed by atoms with E-state index in [9.17, 15) is 4.79 Å². The van der Waals surface area contributed by atoms with Crippen LogP contribution >= 0.6 is 0 Å². The van der Waals surface area contributed by atoms with Crippen LogP contribution in [0.5, 0.6) is 5.75 Å². The number of nitrogens with two attached hydrogens (primary N) is 1. The smallest absolute Gasteiger partial charge is 0.239 e. The summed E-state index contributed by atoms with van der Waals surface area (Å²) in [7, 11) is 1.58. The van der Waals surface area contributed by atoms with Crippen LogP contribution in [0, 0.1) is 0 Å². The maximum atomic E-state index is 11.3. The van der Waals surface area contributed by atoms with Gasteiger partial charge in [0, 0.05) is 6.54 Å². The number of carbonyl (C=O) groups is 1. The number of aliphatic hydroxyl groups is 1. The molecule has 0 aliphatic rings. The van der Waals surface area contributed by atoms with E-state index in [0.717, 1.165) is 11.3 Å². The van der Waals surface area contributed by atoms with Crippen molar-refractivity contribution in [2.24, 2.45) is 5.73 Å². The number of ether oxygens (including phenoxy) is 1. The van der Waals surface area contributed by atoms with E-state index in [1.54, 1.807) is 7.11 Å². The lowest BCUT2D eigenvalue weighted by Crippen LogP contribution is -2.42. The van der Waals surface area contributed by atoms with Gasteiger partial charge >= 0.3 is 0 Å². The molecular weight excluding hydrogens is 208 g/mol. The molecular formula is C11H16N2O3. The number of carbonyl (C=O) groups excluding carboxylic acids is 1. The van der Waals surface area contributed by atoms with Crippen molar-refractivity contribution < 1.29 is 14.6 Å². The van der Waals surface area contributed by atoms with E-state index in [4.69, 9.17) is 15.6 Å². The molecule has 0 aliphatic carbocycles. The van der Waals surface area contributed by atoms with Crippen molar-refractivity contribution in [1.82, 2.24) is 5.32 Å². The minimum absolute atomic E-state index is 0.357. The number of hydrogen-bond acceptors (Lipinski definition) is 4. The van der Waals surface area contributed by atoms with Crippen LogP contribution in [0.15, 0.2) is 24.3 Å². The zero-order chi connectivity index (χ0) is 12.0. The Morgan fingerprint density at radius 3 is 3.00 bits per heavy atom. The molecule has 0 aromatic heterocycles. The van der Waals surface area contributed by atoms with Crippen molar-refractivity contribution in [2.45, 2.75) is 12.6 Å². The van der Waals surface area contributed by atoms with Gasteiger partial charge in [0.1, 0.15) is 11.8 Å². The van der Waals surface area contributed by atoms with Crippen LogP contribution in [0.25, 0.3) is 0 Å². The highest BCUT2D eigenvalue weighted by Crippen LogP contribution is 2.11. The highest BCUT2D eigenvalue weighted by atomic mass is 16.5. The standard InChI is InChI=1S/C11H16N2O3/c1-16-9-4-2-3-8(5-9)6-13-11(15)10(12)7-14/h2-5,10,14H,6-7,12H2,1H3,(H,13,15)/t10-/m1/s1. The molecule has 16 heavy (non-hydrogen) atoms. The quantitative estimate of drug-likeness (QED) is 0.637. The Labute approximate surface area is 94.2 Å². The molecule has 1 aromatic carbocycles. The highest BCUT2D eigenvalue weighted by molar-refractivity contribution is 5.81. The topological polar surface area (TPSA) is 84.6 Å². The highest BCUT2D eigenvalue weighted by Gasteiger charge is 2.10. The fourth-order valence-corrected chi connectivity index (χ4v) is 1.19. The normalized spacial score (nSPS) is 11.9. The van der Waals surface area contributed by atoms with Gasteiger partial charge in [0.2, 0.25) is 5.91 Å². The van der Waals surface area contributed by atoms with Gasteiger partial charge in [0.15, 0.2) is 0 Å². The van der Waals surface area contributed by atoms with Crippen LogP contribution in [-0.4, -0.2) is 30.8 Å². The molecule has 1 aromatic rings. The van der Waals surface area contributed by atoms with E-state index >= 15 is 0 Å². The average molecular weight is 224 g/mol. The Morgan fingerprint density at radius 1 is 1.62 bits per heavy atom. The summed E-state index contributed by atoms with van der Waals surface area (Å²) in [6.07, 6.45) is 0. The van der Waals surface area contributed by atoms with Gasteiger partial charge in [0.25, 0.3) is 0 Å². The molecule has 0 radical (unpaired) electrons. The number of amides is 1. The second-order valence-corrected chi connectivity index (χ2v) is 3.36. The second kappa shape index (κ2) is 6.09. The number of benzene rings is 1. The monoisotopic (exact) mass is 224 g/mol. The van der Waals surface area contributed by atoms with Crippen LogP contribution in [-0.2, 0) is 11.3 Å². The fourth-order valence-electron chi connectivity index (χ4n) is 1.19. The molecule has 5 nitrogen and oxygen atoms in total. The molecule has 0 heterocycles.